The molecule has 0 spiro atoms. The van der Waals surface area contributed by atoms with Crippen molar-refractivity contribution in [2.75, 3.05) is 13.2 Å². The van der Waals surface area contributed by atoms with Gasteiger partial charge in [-0.3, -0.25) is 0 Å². The molecule has 0 aliphatic carbocycles. The third-order valence-corrected chi connectivity index (χ3v) is 3.51. The first-order valence-electron chi connectivity index (χ1n) is 7.33. The maximum Gasteiger partial charge on any atom is 0.180 e. The highest BCUT2D eigenvalue weighted by molar-refractivity contribution is 5.69. The molecule has 0 unspecified atom stereocenters. The summed E-state index contributed by atoms with van der Waals surface area (Å²) in [5, 5.41) is 0. The lowest BCUT2D eigenvalue weighted by Gasteiger charge is -2.06. The molecule has 0 saturated heterocycles. The second-order valence-electron chi connectivity index (χ2n) is 4.95. The van der Waals surface area contributed by atoms with E-state index >= 15 is 0 Å². The van der Waals surface area contributed by atoms with Crippen LogP contribution in [0, 0.1) is 5.82 Å². The quantitative estimate of drug-likeness (QED) is 0.788. The summed E-state index contributed by atoms with van der Waals surface area (Å²) in [6, 6.07) is 10.2. The Hall–Kier alpha value is -2.40. The molecule has 1 aromatic carbocycles. The van der Waals surface area contributed by atoms with E-state index in [1.165, 1.54) is 12.1 Å². The summed E-state index contributed by atoms with van der Waals surface area (Å²) in [4.78, 5) is 4.71. The van der Waals surface area contributed by atoms with Gasteiger partial charge in [0.25, 0.3) is 0 Å². The average molecular weight is 299 g/mol. The summed E-state index contributed by atoms with van der Waals surface area (Å²) in [6.45, 7) is 3.03. The number of pyridine rings is 1. The van der Waals surface area contributed by atoms with E-state index in [1.54, 1.807) is 12.1 Å². The van der Waals surface area contributed by atoms with Gasteiger partial charge in [-0.1, -0.05) is 0 Å². The summed E-state index contributed by atoms with van der Waals surface area (Å²) in [5.74, 6) is 0.472. The summed E-state index contributed by atoms with van der Waals surface area (Å²) < 4.78 is 20.8. The van der Waals surface area contributed by atoms with Crippen LogP contribution in [0.15, 0.2) is 42.6 Å². The number of nitrogens with zero attached hydrogens (tertiary/aromatic N) is 2. The van der Waals surface area contributed by atoms with E-state index in [9.17, 15) is 4.39 Å². The minimum absolute atomic E-state index is 0.261. The van der Waals surface area contributed by atoms with E-state index in [4.69, 9.17) is 15.5 Å². The number of aromatic nitrogens is 2. The first kappa shape index (κ1) is 14.5. The van der Waals surface area contributed by atoms with E-state index in [0.29, 0.717) is 19.6 Å². The molecular weight excluding hydrogens is 281 g/mol. The van der Waals surface area contributed by atoms with Gasteiger partial charge < -0.3 is 14.9 Å². The molecule has 3 aromatic rings. The van der Waals surface area contributed by atoms with Crippen LogP contribution < -0.4 is 10.5 Å². The third-order valence-electron chi connectivity index (χ3n) is 3.51. The van der Waals surface area contributed by atoms with E-state index in [2.05, 4.69) is 0 Å². The van der Waals surface area contributed by atoms with Gasteiger partial charge in [-0.2, -0.15) is 0 Å². The lowest BCUT2D eigenvalue weighted by molar-refractivity contribution is 0.342. The van der Waals surface area contributed by atoms with E-state index < -0.39 is 0 Å². The summed E-state index contributed by atoms with van der Waals surface area (Å²) in [6.07, 6.45) is 2.63. The number of rotatable bonds is 5. The molecule has 0 bridgehead atoms. The van der Waals surface area contributed by atoms with Gasteiger partial charge in [-0.05, 0) is 49.9 Å². The number of hydrogen-bond donors (Lipinski definition) is 1. The summed E-state index contributed by atoms with van der Waals surface area (Å²) in [5.41, 5.74) is 9.20. The zero-order valence-corrected chi connectivity index (χ0v) is 12.4. The summed E-state index contributed by atoms with van der Waals surface area (Å²) in [7, 11) is 0. The van der Waals surface area contributed by atoms with E-state index in [1.807, 2.05) is 29.7 Å². The summed E-state index contributed by atoms with van der Waals surface area (Å²) >= 11 is 0. The molecule has 3 rings (SSSR count). The van der Waals surface area contributed by atoms with Crippen molar-refractivity contribution in [3.63, 3.8) is 0 Å². The molecule has 2 N–H and O–H groups in total. The van der Waals surface area contributed by atoms with Crippen molar-refractivity contribution in [3.8, 4) is 17.0 Å². The maximum absolute atomic E-state index is 13.2. The SMILES string of the molecule is CCOc1cccn2c(CCN)c(-c3ccc(F)cc3)nc12. The molecule has 0 aliphatic rings. The van der Waals surface area contributed by atoms with Crippen LogP contribution in [0.2, 0.25) is 0 Å². The van der Waals surface area contributed by atoms with Crippen LogP contribution in [0.25, 0.3) is 16.9 Å². The van der Waals surface area contributed by atoms with Crippen LogP contribution in [0.3, 0.4) is 0 Å². The van der Waals surface area contributed by atoms with Crippen molar-refractivity contribution < 1.29 is 9.13 Å². The number of hydrogen-bond acceptors (Lipinski definition) is 3. The topological polar surface area (TPSA) is 52.5 Å². The van der Waals surface area contributed by atoms with Gasteiger partial charge in [-0.15, -0.1) is 0 Å². The first-order chi connectivity index (χ1) is 10.7. The Kier molecular flexibility index (Phi) is 4.06. The zero-order valence-electron chi connectivity index (χ0n) is 12.4. The molecule has 2 aromatic heterocycles. The monoisotopic (exact) mass is 299 g/mol. The second-order valence-corrected chi connectivity index (χ2v) is 4.95. The Bertz CT molecular complexity index is 780. The smallest absolute Gasteiger partial charge is 0.180 e. The van der Waals surface area contributed by atoms with Crippen LogP contribution in [-0.4, -0.2) is 22.5 Å². The van der Waals surface area contributed by atoms with Crippen molar-refractivity contribution in [1.82, 2.24) is 9.38 Å². The Labute approximate surface area is 128 Å². The lowest BCUT2D eigenvalue weighted by atomic mass is 10.1. The molecule has 2 heterocycles. The molecule has 5 heteroatoms. The van der Waals surface area contributed by atoms with Crippen LogP contribution in [-0.2, 0) is 6.42 Å². The average Bonchev–Trinajstić information content (AvgIpc) is 2.89. The molecule has 0 fully saturated rings. The Balaban J connectivity index is 2.22. The van der Waals surface area contributed by atoms with E-state index in [-0.39, 0.29) is 5.82 Å². The molecule has 0 radical (unpaired) electrons. The highest BCUT2D eigenvalue weighted by Crippen LogP contribution is 2.29. The predicted molar refractivity (Wildman–Crippen MR) is 84.5 cm³/mol. The normalized spacial score (nSPS) is 11.0. The third kappa shape index (κ3) is 2.55. The van der Waals surface area contributed by atoms with Crippen molar-refractivity contribution in [3.05, 3.63) is 54.1 Å². The maximum atomic E-state index is 13.2. The van der Waals surface area contributed by atoms with Crippen LogP contribution in [0.5, 0.6) is 5.75 Å². The molecule has 4 nitrogen and oxygen atoms in total. The minimum atomic E-state index is -0.261. The molecule has 0 saturated carbocycles. The van der Waals surface area contributed by atoms with Crippen molar-refractivity contribution in [1.29, 1.82) is 0 Å². The molecule has 0 atom stereocenters. The molecule has 0 amide bonds. The van der Waals surface area contributed by atoms with Crippen LogP contribution >= 0.6 is 0 Å². The van der Waals surface area contributed by atoms with Crippen LogP contribution in [0.1, 0.15) is 12.6 Å². The lowest BCUT2D eigenvalue weighted by Crippen LogP contribution is -2.06. The fraction of sp³-hybridized carbons (Fsp3) is 0.235. The first-order valence-corrected chi connectivity index (χ1v) is 7.33. The highest BCUT2D eigenvalue weighted by Gasteiger charge is 2.16. The molecule has 114 valence electrons. The van der Waals surface area contributed by atoms with Gasteiger partial charge in [0.2, 0.25) is 0 Å². The fourth-order valence-corrected chi connectivity index (χ4v) is 2.57. The number of nitrogens with two attached hydrogens (primary N) is 1. The number of imidazole rings is 1. The predicted octanol–water partition coefficient (Wildman–Crippen LogP) is 3.04. The van der Waals surface area contributed by atoms with Crippen molar-refractivity contribution >= 4 is 5.65 Å². The minimum Gasteiger partial charge on any atom is -0.490 e. The van der Waals surface area contributed by atoms with E-state index in [0.717, 1.165) is 28.3 Å². The Morgan fingerprint density at radius 2 is 2.00 bits per heavy atom. The zero-order chi connectivity index (χ0) is 15.5. The van der Waals surface area contributed by atoms with Gasteiger partial charge in [0.1, 0.15) is 5.82 Å². The highest BCUT2D eigenvalue weighted by atomic mass is 19.1. The van der Waals surface area contributed by atoms with Crippen LogP contribution in [0.4, 0.5) is 4.39 Å². The number of halogens is 1. The van der Waals surface area contributed by atoms with Crippen molar-refractivity contribution in [2.24, 2.45) is 5.73 Å². The molecule has 22 heavy (non-hydrogen) atoms. The van der Waals surface area contributed by atoms with Gasteiger partial charge in [-0.25, -0.2) is 9.37 Å². The number of benzene rings is 1. The number of ether oxygens (including phenoxy) is 1. The number of fused-ring (bicyclic) bond motifs is 1. The standard InChI is InChI=1S/C17H18FN3O/c1-2-22-15-4-3-11-21-14(9-10-19)16(20-17(15)21)12-5-7-13(18)8-6-12/h3-8,11H,2,9-10,19H2,1H3. The van der Waals surface area contributed by atoms with Gasteiger partial charge in [0, 0.05) is 18.2 Å². The van der Waals surface area contributed by atoms with Gasteiger partial charge in [0.05, 0.1) is 18.0 Å². The Morgan fingerprint density at radius 1 is 1.23 bits per heavy atom. The Morgan fingerprint density at radius 3 is 2.68 bits per heavy atom. The van der Waals surface area contributed by atoms with Gasteiger partial charge in [0.15, 0.2) is 11.4 Å². The second kappa shape index (κ2) is 6.15. The molecular formula is C17H18FN3O. The van der Waals surface area contributed by atoms with Gasteiger partial charge >= 0.3 is 0 Å². The fourth-order valence-electron chi connectivity index (χ4n) is 2.57. The largest absolute Gasteiger partial charge is 0.490 e. The molecule has 0 aliphatic heterocycles. The van der Waals surface area contributed by atoms with Crippen molar-refractivity contribution in [2.45, 2.75) is 13.3 Å².